The van der Waals surface area contributed by atoms with E-state index in [0.717, 1.165) is 38.3 Å². The van der Waals surface area contributed by atoms with Crippen LogP contribution in [0.15, 0.2) is 18.3 Å². The highest BCUT2D eigenvalue weighted by Crippen LogP contribution is 2.17. The Hall–Kier alpha value is -1.33. The van der Waals surface area contributed by atoms with E-state index in [0.29, 0.717) is 25.0 Å². The van der Waals surface area contributed by atoms with Crippen molar-refractivity contribution in [3.05, 3.63) is 18.3 Å². The number of rotatable bonds is 7. The summed E-state index contributed by atoms with van der Waals surface area (Å²) in [6.07, 6.45) is 4.08. The fourth-order valence-corrected chi connectivity index (χ4v) is 2.01. The number of anilines is 1. The van der Waals surface area contributed by atoms with Gasteiger partial charge < -0.3 is 19.5 Å². The Labute approximate surface area is 114 Å². The van der Waals surface area contributed by atoms with Crippen LogP contribution >= 0.6 is 0 Å². The summed E-state index contributed by atoms with van der Waals surface area (Å²) in [5, 5.41) is 3.41. The Morgan fingerprint density at radius 2 is 2.16 bits per heavy atom. The average Bonchev–Trinajstić information content (AvgIpc) is 2.48. The molecule has 5 nitrogen and oxygen atoms in total. The first kappa shape index (κ1) is 14.1. The molecule has 1 aromatic rings. The van der Waals surface area contributed by atoms with Gasteiger partial charge in [-0.05, 0) is 24.8 Å². The minimum absolute atomic E-state index is 0.526. The third-order valence-corrected chi connectivity index (χ3v) is 3.21. The zero-order chi connectivity index (χ0) is 13.3. The second-order valence-corrected chi connectivity index (χ2v) is 4.66. The minimum Gasteiger partial charge on any atom is -0.475 e. The smallest absolute Gasteiger partial charge is 0.213 e. The maximum Gasteiger partial charge on any atom is 0.213 e. The van der Waals surface area contributed by atoms with Gasteiger partial charge in [0, 0.05) is 32.9 Å². The van der Waals surface area contributed by atoms with Crippen molar-refractivity contribution in [3.63, 3.8) is 0 Å². The van der Waals surface area contributed by atoms with Crippen LogP contribution in [0.3, 0.4) is 0 Å². The number of ether oxygens (including phenoxy) is 3. The highest BCUT2D eigenvalue weighted by Gasteiger charge is 2.13. The Bertz CT molecular complexity index is 350. The minimum atomic E-state index is 0.526. The molecule has 1 N–H and O–H groups in total. The summed E-state index contributed by atoms with van der Waals surface area (Å²) >= 11 is 0. The number of hydrogen-bond acceptors (Lipinski definition) is 5. The van der Waals surface area contributed by atoms with Crippen molar-refractivity contribution in [1.82, 2.24) is 4.98 Å². The molecule has 0 amide bonds. The summed E-state index contributed by atoms with van der Waals surface area (Å²) in [6, 6.07) is 3.87. The fourth-order valence-electron chi connectivity index (χ4n) is 2.01. The third-order valence-electron chi connectivity index (χ3n) is 3.21. The lowest BCUT2D eigenvalue weighted by atomic mass is 10.0. The van der Waals surface area contributed by atoms with Crippen LogP contribution in [-0.2, 0) is 9.47 Å². The van der Waals surface area contributed by atoms with Gasteiger partial charge >= 0.3 is 0 Å². The van der Waals surface area contributed by atoms with E-state index in [1.54, 1.807) is 7.11 Å². The third kappa shape index (κ3) is 5.04. The van der Waals surface area contributed by atoms with E-state index in [9.17, 15) is 0 Å². The predicted molar refractivity (Wildman–Crippen MR) is 73.6 cm³/mol. The van der Waals surface area contributed by atoms with Crippen LogP contribution in [0.5, 0.6) is 5.88 Å². The van der Waals surface area contributed by atoms with Gasteiger partial charge in [0.1, 0.15) is 6.61 Å². The zero-order valence-corrected chi connectivity index (χ0v) is 11.4. The van der Waals surface area contributed by atoms with Crippen molar-refractivity contribution < 1.29 is 14.2 Å². The van der Waals surface area contributed by atoms with Gasteiger partial charge in [-0.15, -0.1) is 0 Å². The lowest BCUT2D eigenvalue weighted by molar-refractivity contribution is 0.0699. The first-order valence-electron chi connectivity index (χ1n) is 6.78. The summed E-state index contributed by atoms with van der Waals surface area (Å²) in [5.74, 6) is 1.33. The summed E-state index contributed by atoms with van der Waals surface area (Å²) in [5.41, 5.74) is 1.03. The summed E-state index contributed by atoms with van der Waals surface area (Å²) in [7, 11) is 1.65. The van der Waals surface area contributed by atoms with Crippen molar-refractivity contribution >= 4 is 5.69 Å². The molecule has 1 aromatic heterocycles. The van der Waals surface area contributed by atoms with Crippen molar-refractivity contribution in [3.8, 4) is 5.88 Å². The van der Waals surface area contributed by atoms with Crippen LogP contribution in [0, 0.1) is 5.92 Å². The number of aromatic nitrogens is 1. The van der Waals surface area contributed by atoms with Crippen molar-refractivity contribution in [1.29, 1.82) is 0 Å². The van der Waals surface area contributed by atoms with Gasteiger partial charge in [0.2, 0.25) is 5.88 Å². The zero-order valence-electron chi connectivity index (χ0n) is 11.4. The van der Waals surface area contributed by atoms with E-state index in [1.807, 2.05) is 18.3 Å². The van der Waals surface area contributed by atoms with E-state index in [2.05, 4.69) is 10.3 Å². The molecule has 0 saturated carbocycles. The molecular formula is C14H22N2O3. The molecule has 0 aliphatic carbocycles. The highest BCUT2D eigenvalue weighted by molar-refractivity contribution is 5.41. The van der Waals surface area contributed by atoms with Crippen LogP contribution in [0.25, 0.3) is 0 Å². The molecule has 2 heterocycles. The number of methoxy groups -OCH3 is 1. The number of nitrogens with zero attached hydrogens (tertiary/aromatic N) is 1. The molecule has 0 spiro atoms. The van der Waals surface area contributed by atoms with Crippen molar-refractivity contribution in [2.45, 2.75) is 12.8 Å². The molecule has 1 aliphatic heterocycles. The number of hydrogen-bond donors (Lipinski definition) is 1. The molecular weight excluding hydrogens is 244 g/mol. The van der Waals surface area contributed by atoms with Gasteiger partial charge in [-0.3, -0.25) is 0 Å². The van der Waals surface area contributed by atoms with Gasteiger partial charge in [0.05, 0.1) is 18.5 Å². The van der Waals surface area contributed by atoms with E-state index < -0.39 is 0 Å². The topological polar surface area (TPSA) is 52.6 Å². The second-order valence-electron chi connectivity index (χ2n) is 4.66. The Kier molecular flexibility index (Phi) is 5.91. The number of nitrogens with one attached hydrogen (secondary N) is 1. The summed E-state index contributed by atoms with van der Waals surface area (Å²) in [4.78, 5) is 4.25. The molecule has 0 aromatic carbocycles. The molecule has 2 rings (SSSR count). The number of pyridine rings is 1. The van der Waals surface area contributed by atoms with Gasteiger partial charge in [-0.1, -0.05) is 0 Å². The molecule has 1 aliphatic rings. The first-order chi connectivity index (χ1) is 9.38. The SMILES string of the molecule is COCCOc1ccc(NCC2CCOCC2)cn1. The average molecular weight is 266 g/mol. The van der Waals surface area contributed by atoms with Gasteiger partial charge in [-0.2, -0.15) is 0 Å². The van der Waals surface area contributed by atoms with Gasteiger partial charge in [0.15, 0.2) is 0 Å². The van der Waals surface area contributed by atoms with Crippen LogP contribution in [0.4, 0.5) is 5.69 Å². The molecule has 0 bridgehead atoms. The molecule has 5 heteroatoms. The Morgan fingerprint density at radius 3 is 2.84 bits per heavy atom. The van der Waals surface area contributed by atoms with Crippen molar-refractivity contribution in [2.24, 2.45) is 5.92 Å². The van der Waals surface area contributed by atoms with Gasteiger partial charge in [0.25, 0.3) is 0 Å². The van der Waals surface area contributed by atoms with E-state index in [1.165, 1.54) is 0 Å². The second kappa shape index (κ2) is 7.96. The Morgan fingerprint density at radius 1 is 1.32 bits per heavy atom. The highest BCUT2D eigenvalue weighted by atomic mass is 16.5. The van der Waals surface area contributed by atoms with Crippen molar-refractivity contribution in [2.75, 3.05) is 45.4 Å². The van der Waals surface area contributed by atoms with E-state index in [-0.39, 0.29) is 0 Å². The Balaban J connectivity index is 1.71. The van der Waals surface area contributed by atoms with E-state index >= 15 is 0 Å². The van der Waals surface area contributed by atoms with Crippen LogP contribution in [0.2, 0.25) is 0 Å². The fraction of sp³-hybridized carbons (Fsp3) is 0.643. The van der Waals surface area contributed by atoms with Crippen LogP contribution in [-0.4, -0.2) is 45.1 Å². The summed E-state index contributed by atoms with van der Waals surface area (Å²) in [6.45, 7) is 3.85. The summed E-state index contributed by atoms with van der Waals surface area (Å²) < 4.78 is 15.7. The largest absolute Gasteiger partial charge is 0.475 e. The maximum absolute atomic E-state index is 5.42. The monoisotopic (exact) mass is 266 g/mol. The lowest BCUT2D eigenvalue weighted by Crippen LogP contribution is -2.22. The van der Waals surface area contributed by atoms with Crippen LogP contribution < -0.4 is 10.1 Å². The quantitative estimate of drug-likeness (QED) is 0.764. The first-order valence-corrected chi connectivity index (χ1v) is 6.78. The van der Waals surface area contributed by atoms with Crippen LogP contribution in [0.1, 0.15) is 12.8 Å². The molecule has 0 atom stereocenters. The standard InChI is InChI=1S/C14H22N2O3/c1-17-8-9-19-14-3-2-13(11-16-14)15-10-12-4-6-18-7-5-12/h2-3,11-12,15H,4-10H2,1H3. The maximum atomic E-state index is 5.42. The lowest BCUT2D eigenvalue weighted by Gasteiger charge is -2.22. The molecule has 19 heavy (non-hydrogen) atoms. The van der Waals surface area contributed by atoms with Gasteiger partial charge in [-0.25, -0.2) is 4.98 Å². The van der Waals surface area contributed by atoms with E-state index in [4.69, 9.17) is 14.2 Å². The predicted octanol–water partition coefficient (Wildman–Crippen LogP) is 1.95. The molecule has 0 unspecified atom stereocenters. The molecule has 106 valence electrons. The molecule has 1 fully saturated rings. The normalized spacial score (nSPS) is 16.3. The molecule has 0 radical (unpaired) electrons. The molecule has 1 saturated heterocycles.